The summed E-state index contributed by atoms with van der Waals surface area (Å²) < 4.78 is 5.49. The molecule has 0 bridgehead atoms. The Morgan fingerprint density at radius 1 is 1.59 bits per heavy atom. The van der Waals surface area contributed by atoms with Crippen molar-refractivity contribution in [1.29, 1.82) is 0 Å². The Kier molecular flexibility index (Phi) is 5.70. The molecule has 0 radical (unpaired) electrons. The molecule has 1 amide bonds. The fraction of sp³-hybridized carbons (Fsp3) is 0.700. The molecule has 0 aromatic rings. The fourth-order valence-corrected chi connectivity index (χ4v) is 2.48. The van der Waals surface area contributed by atoms with Crippen LogP contribution in [0.2, 0.25) is 0 Å². The van der Waals surface area contributed by atoms with Crippen LogP contribution in [0, 0.1) is 0 Å². The molecule has 0 spiro atoms. The van der Waals surface area contributed by atoms with E-state index in [4.69, 9.17) is 22.1 Å². The Bertz CT molecular complexity index is 321. The summed E-state index contributed by atoms with van der Waals surface area (Å²) in [5, 5.41) is 8.80. The molecule has 17 heavy (non-hydrogen) atoms. The maximum absolute atomic E-state index is 11.6. The van der Waals surface area contributed by atoms with Crippen molar-refractivity contribution in [3.05, 3.63) is 0 Å². The van der Waals surface area contributed by atoms with E-state index in [2.05, 4.69) is 0 Å². The number of ether oxygens (including phenoxy) is 1. The van der Waals surface area contributed by atoms with Gasteiger partial charge in [-0.1, -0.05) is 11.8 Å². The summed E-state index contributed by atoms with van der Waals surface area (Å²) in [5.74, 6) is -0.530. The Morgan fingerprint density at radius 3 is 2.76 bits per heavy atom. The van der Waals surface area contributed by atoms with Crippen LogP contribution < -0.4 is 0 Å². The molecule has 0 aliphatic carbocycles. The highest BCUT2D eigenvalue weighted by Crippen LogP contribution is 2.19. The molecule has 96 valence electrons. The average Bonchev–Trinajstić information content (AvgIpc) is 2.14. The van der Waals surface area contributed by atoms with Gasteiger partial charge in [0.05, 0.1) is 6.61 Å². The van der Waals surface area contributed by atoms with Gasteiger partial charge in [0, 0.05) is 18.7 Å². The van der Waals surface area contributed by atoms with Gasteiger partial charge in [0.15, 0.2) is 0 Å². The van der Waals surface area contributed by atoms with E-state index in [1.807, 2.05) is 6.92 Å². The molecule has 1 aliphatic heterocycles. The van der Waals surface area contributed by atoms with Gasteiger partial charge < -0.3 is 14.7 Å². The third-order valence-corrected chi connectivity index (χ3v) is 3.66. The van der Waals surface area contributed by atoms with Crippen LogP contribution in [-0.4, -0.2) is 51.2 Å². The molecule has 0 aromatic heterocycles. The van der Waals surface area contributed by atoms with Crippen molar-refractivity contribution >= 4 is 40.2 Å². The lowest BCUT2D eigenvalue weighted by Crippen LogP contribution is -2.55. The smallest absolute Gasteiger partial charge is 0.326 e. The number of hydrogen-bond acceptors (Lipinski definition) is 5. The summed E-state index contributed by atoms with van der Waals surface area (Å²) in [6, 6.07) is -0.633. The van der Waals surface area contributed by atoms with Crippen LogP contribution >= 0.6 is 24.0 Å². The zero-order valence-corrected chi connectivity index (χ0v) is 11.2. The number of rotatable bonds is 5. The van der Waals surface area contributed by atoms with Crippen LogP contribution in [0.25, 0.3) is 0 Å². The molecule has 5 nitrogen and oxygen atoms in total. The minimum atomic E-state index is -0.929. The maximum Gasteiger partial charge on any atom is 0.326 e. The first-order chi connectivity index (χ1) is 8.06. The van der Waals surface area contributed by atoms with Crippen LogP contribution in [-0.2, 0) is 14.3 Å². The number of hydrogen-bond donors (Lipinski definition) is 1. The summed E-state index contributed by atoms with van der Waals surface area (Å²) in [6.45, 7) is 2.90. The van der Waals surface area contributed by atoms with Crippen molar-refractivity contribution in [2.75, 3.05) is 18.9 Å². The monoisotopic (exact) mass is 277 g/mol. The number of carbonyl (C=O) groups excluding carboxylic acids is 1. The number of carboxylic acids is 1. The molecule has 1 atom stereocenters. The highest BCUT2D eigenvalue weighted by Gasteiger charge is 2.36. The van der Waals surface area contributed by atoms with Gasteiger partial charge in [-0.2, -0.15) is 0 Å². The molecular formula is C10H15NO4S2. The standard InChI is InChI=1S/C10H15NO4S2/c1-2-15-10(16)17-6-4-8(12)11-5-3-7(11)9(13)14/h7H,2-6H2,1H3,(H,13,14). The third kappa shape index (κ3) is 4.16. The number of nitrogens with zero attached hydrogens (tertiary/aromatic N) is 1. The maximum atomic E-state index is 11.6. The van der Waals surface area contributed by atoms with Crippen molar-refractivity contribution < 1.29 is 19.4 Å². The van der Waals surface area contributed by atoms with E-state index < -0.39 is 12.0 Å². The van der Waals surface area contributed by atoms with Crippen molar-refractivity contribution in [2.24, 2.45) is 0 Å². The highest BCUT2D eigenvalue weighted by molar-refractivity contribution is 8.22. The molecule has 0 aromatic carbocycles. The van der Waals surface area contributed by atoms with E-state index in [0.717, 1.165) is 0 Å². The second-order valence-electron chi connectivity index (χ2n) is 3.51. The fourth-order valence-electron chi connectivity index (χ4n) is 1.47. The van der Waals surface area contributed by atoms with Gasteiger partial charge in [-0.15, -0.1) is 0 Å². The molecule has 1 rings (SSSR count). The first kappa shape index (κ1) is 14.2. The third-order valence-electron chi connectivity index (χ3n) is 2.42. The van der Waals surface area contributed by atoms with Gasteiger partial charge in [0.2, 0.25) is 10.3 Å². The number of amides is 1. The lowest BCUT2D eigenvalue weighted by atomic mass is 10.0. The quantitative estimate of drug-likeness (QED) is 0.760. The number of thioether (sulfide) groups is 1. The average molecular weight is 277 g/mol. The molecule has 7 heteroatoms. The minimum absolute atomic E-state index is 0.129. The van der Waals surface area contributed by atoms with Gasteiger partial charge in [0.1, 0.15) is 6.04 Å². The van der Waals surface area contributed by atoms with Crippen molar-refractivity contribution in [2.45, 2.75) is 25.8 Å². The minimum Gasteiger partial charge on any atom is -0.480 e. The van der Waals surface area contributed by atoms with Crippen LogP contribution in [0.5, 0.6) is 0 Å². The normalized spacial score (nSPS) is 18.4. The zero-order chi connectivity index (χ0) is 12.8. The van der Waals surface area contributed by atoms with E-state index in [1.54, 1.807) is 0 Å². The van der Waals surface area contributed by atoms with E-state index in [9.17, 15) is 9.59 Å². The lowest BCUT2D eigenvalue weighted by Gasteiger charge is -2.37. The first-order valence-electron chi connectivity index (χ1n) is 5.38. The number of aliphatic carboxylic acids is 1. The molecule has 1 fully saturated rings. The summed E-state index contributed by atoms with van der Waals surface area (Å²) in [6.07, 6.45) is 0.841. The second-order valence-corrected chi connectivity index (χ2v) is 5.21. The summed E-state index contributed by atoms with van der Waals surface area (Å²) in [7, 11) is 0. The summed E-state index contributed by atoms with van der Waals surface area (Å²) in [5.41, 5.74) is 0. The molecule has 1 unspecified atom stereocenters. The highest BCUT2D eigenvalue weighted by atomic mass is 32.2. The molecule has 1 heterocycles. The van der Waals surface area contributed by atoms with E-state index in [1.165, 1.54) is 16.7 Å². The Hall–Kier alpha value is -0.820. The lowest BCUT2D eigenvalue weighted by molar-refractivity contribution is -0.156. The van der Waals surface area contributed by atoms with Gasteiger partial charge in [-0.3, -0.25) is 4.79 Å². The largest absolute Gasteiger partial charge is 0.480 e. The van der Waals surface area contributed by atoms with Crippen LogP contribution in [0.3, 0.4) is 0 Å². The molecular weight excluding hydrogens is 262 g/mol. The van der Waals surface area contributed by atoms with E-state index in [-0.39, 0.29) is 5.91 Å². The SMILES string of the molecule is CCOC(=S)SCCC(=O)N1CCC1C(=O)O. The van der Waals surface area contributed by atoms with Crippen molar-refractivity contribution in [3.8, 4) is 0 Å². The number of likely N-dealkylation sites (tertiary alicyclic amines) is 1. The summed E-state index contributed by atoms with van der Waals surface area (Å²) >= 11 is 6.20. The number of thiocarbonyl (C=S) groups is 1. The van der Waals surface area contributed by atoms with Crippen LogP contribution in [0.4, 0.5) is 0 Å². The topological polar surface area (TPSA) is 66.8 Å². The molecule has 1 saturated heterocycles. The predicted octanol–water partition coefficient (Wildman–Crippen LogP) is 1.12. The first-order valence-corrected chi connectivity index (χ1v) is 6.77. The number of carboxylic acid groups (broad SMARTS) is 1. The summed E-state index contributed by atoms with van der Waals surface area (Å²) in [4.78, 5) is 23.8. The number of carbonyl (C=O) groups is 2. The van der Waals surface area contributed by atoms with Gasteiger partial charge in [0.25, 0.3) is 0 Å². The van der Waals surface area contributed by atoms with E-state index in [0.29, 0.717) is 36.1 Å². The van der Waals surface area contributed by atoms with Gasteiger partial charge >= 0.3 is 5.97 Å². The molecule has 0 saturated carbocycles. The Balaban J connectivity index is 2.22. The van der Waals surface area contributed by atoms with Crippen LogP contribution in [0.1, 0.15) is 19.8 Å². The Morgan fingerprint density at radius 2 is 2.29 bits per heavy atom. The Labute approximate surface area is 109 Å². The van der Waals surface area contributed by atoms with Gasteiger partial charge in [-0.05, 0) is 25.6 Å². The van der Waals surface area contributed by atoms with E-state index >= 15 is 0 Å². The van der Waals surface area contributed by atoms with Crippen molar-refractivity contribution in [1.82, 2.24) is 4.90 Å². The molecule has 1 aliphatic rings. The van der Waals surface area contributed by atoms with Gasteiger partial charge in [-0.25, -0.2) is 4.79 Å². The van der Waals surface area contributed by atoms with Crippen LogP contribution in [0.15, 0.2) is 0 Å². The zero-order valence-electron chi connectivity index (χ0n) is 9.55. The predicted molar refractivity (Wildman–Crippen MR) is 69.1 cm³/mol. The second kappa shape index (κ2) is 6.80. The molecule has 1 N–H and O–H groups in total. The van der Waals surface area contributed by atoms with Crippen molar-refractivity contribution in [3.63, 3.8) is 0 Å².